The zero-order valence-corrected chi connectivity index (χ0v) is 54.4. The molecule has 0 amide bonds. The van der Waals surface area contributed by atoms with Crippen LogP contribution in [0.3, 0.4) is 0 Å². The van der Waals surface area contributed by atoms with Gasteiger partial charge < -0.3 is 14.4 Å². The van der Waals surface area contributed by atoms with Crippen LogP contribution in [0.1, 0.15) is 52.7 Å². The fraction of sp³-hybridized carbons (Fsp3) is 0.0920. The molecule has 8 nitrogen and oxygen atoms in total. The summed E-state index contributed by atoms with van der Waals surface area (Å²) in [6, 6.07) is 107. The molecule has 2 aliphatic heterocycles. The van der Waals surface area contributed by atoms with Crippen LogP contribution in [0.15, 0.2) is 297 Å². The first-order valence-corrected chi connectivity index (χ1v) is 33.1. The van der Waals surface area contributed by atoms with Crippen molar-refractivity contribution < 1.29 is 0 Å². The minimum Gasteiger partial charge on any atom is -0.311 e. The molecule has 9 heteroatoms. The average molecular weight is 1240 g/mol. The molecule has 0 spiro atoms. The van der Waals surface area contributed by atoms with Gasteiger partial charge in [0.05, 0.1) is 28.1 Å². The van der Waals surface area contributed by atoms with E-state index in [4.69, 9.17) is 24.9 Å². The van der Waals surface area contributed by atoms with Gasteiger partial charge in [0, 0.05) is 78.3 Å². The Labute approximate surface area is 560 Å². The van der Waals surface area contributed by atoms with Crippen molar-refractivity contribution in [2.75, 3.05) is 9.80 Å². The molecule has 5 heterocycles. The minimum atomic E-state index is -0.0772. The van der Waals surface area contributed by atoms with Gasteiger partial charge in [0.15, 0.2) is 23.3 Å². The van der Waals surface area contributed by atoms with E-state index >= 15 is 0 Å². The molecule has 458 valence electrons. The van der Waals surface area contributed by atoms with Crippen molar-refractivity contribution in [3.8, 4) is 84.9 Å². The number of benzene rings is 12. The second kappa shape index (κ2) is 23.0. The minimum absolute atomic E-state index is 0.0130. The zero-order chi connectivity index (χ0) is 64.8. The Balaban J connectivity index is 0.876. The number of para-hydroxylation sites is 4. The standard InChI is InChI=1S/C87H67BN8/c1-86(2,3)63-45-48-74-67(53-63)68-54-64(87(4,5)6)46-49-75(68)96(74)76-47-44-61(84-92-82(59-28-14-8-15-29-59)91-83(93-84)60-30-16-9-17-31-60)50-69(76)85-89-72(57-26-12-7-13-27-57)55-73(90-85)58-42-40-56(41-43-58)62-51-79-81-80(52-62)95(66-34-20-11-21-35-66)78-39-25-23-37-71(78)88(81)70-36-22-24-38-77(70)94(79)65-32-18-10-19-33-65/h7-55H,1-6H3. The molecule has 0 aliphatic carbocycles. The highest BCUT2D eigenvalue weighted by molar-refractivity contribution is 7.00. The van der Waals surface area contributed by atoms with Crippen LogP contribution in [0, 0.1) is 0 Å². The molecule has 15 aromatic rings. The van der Waals surface area contributed by atoms with Gasteiger partial charge in [-0.3, -0.25) is 0 Å². The summed E-state index contributed by atoms with van der Waals surface area (Å²) in [5.74, 6) is 2.27. The van der Waals surface area contributed by atoms with Crippen molar-refractivity contribution in [1.29, 1.82) is 0 Å². The van der Waals surface area contributed by atoms with E-state index in [0.29, 0.717) is 23.3 Å². The molecule has 0 saturated heterocycles. The van der Waals surface area contributed by atoms with Crippen LogP contribution in [-0.2, 0) is 10.8 Å². The van der Waals surface area contributed by atoms with Crippen molar-refractivity contribution in [3.63, 3.8) is 0 Å². The third-order valence-electron chi connectivity index (χ3n) is 19.2. The Morgan fingerprint density at radius 3 is 1.15 bits per heavy atom. The van der Waals surface area contributed by atoms with Crippen molar-refractivity contribution in [1.82, 2.24) is 29.5 Å². The lowest BCUT2D eigenvalue weighted by Crippen LogP contribution is -2.61. The molecule has 0 bridgehead atoms. The Kier molecular flexibility index (Phi) is 13.9. The summed E-state index contributed by atoms with van der Waals surface area (Å²) in [5.41, 5.74) is 25.3. The third kappa shape index (κ3) is 10.1. The second-order valence-corrected chi connectivity index (χ2v) is 27.3. The van der Waals surface area contributed by atoms with Gasteiger partial charge in [0.2, 0.25) is 0 Å². The van der Waals surface area contributed by atoms with Gasteiger partial charge in [0.1, 0.15) is 0 Å². The molecule has 0 fully saturated rings. The normalized spacial score (nSPS) is 12.6. The fourth-order valence-electron chi connectivity index (χ4n) is 14.3. The highest BCUT2D eigenvalue weighted by atomic mass is 15.2. The van der Waals surface area contributed by atoms with Crippen LogP contribution < -0.4 is 26.2 Å². The molecule has 12 aromatic carbocycles. The maximum absolute atomic E-state index is 5.73. The van der Waals surface area contributed by atoms with E-state index in [1.54, 1.807) is 0 Å². The van der Waals surface area contributed by atoms with Crippen LogP contribution >= 0.6 is 0 Å². The Morgan fingerprint density at radius 2 is 0.677 bits per heavy atom. The summed E-state index contributed by atoms with van der Waals surface area (Å²) in [6.45, 7) is 13.7. The number of nitrogens with zero attached hydrogens (tertiary/aromatic N) is 8. The lowest BCUT2D eigenvalue weighted by Gasteiger charge is -2.44. The summed E-state index contributed by atoms with van der Waals surface area (Å²) >= 11 is 0. The second-order valence-electron chi connectivity index (χ2n) is 27.3. The highest BCUT2D eigenvalue weighted by Gasteiger charge is 2.43. The van der Waals surface area contributed by atoms with Gasteiger partial charge in [0.25, 0.3) is 6.71 Å². The largest absolute Gasteiger partial charge is 0.311 e. The van der Waals surface area contributed by atoms with Crippen LogP contribution in [0.5, 0.6) is 0 Å². The van der Waals surface area contributed by atoms with Gasteiger partial charge in [-0.1, -0.05) is 242 Å². The SMILES string of the molecule is CC(C)(C)c1ccc2c(c1)c1cc(C(C)(C)C)ccc1n2-c1ccc(-c2nc(-c3ccccc3)nc(-c3ccccc3)n2)cc1-c1nc(-c2ccccc2)cc(-c2ccc(-c3cc4c5c(c3)N(c3ccccc3)c3ccccc3B5c3ccccc3N4c3ccccc3)cc2)n1. The Morgan fingerprint density at radius 1 is 0.281 bits per heavy atom. The first-order valence-electron chi connectivity index (χ1n) is 33.1. The first-order chi connectivity index (χ1) is 46.9. The number of fused-ring (bicyclic) bond motifs is 7. The molecule has 0 N–H and O–H groups in total. The molecule has 17 rings (SSSR count). The maximum atomic E-state index is 5.73. The number of aromatic nitrogens is 6. The zero-order valence-electron chi connectivity index (χ0n) is 54.4. The van der Waals surface area contributed by atoms with Gasteiger partial charge >= 0.3 is 0 Å². The molecule has 0 radical (unpaired) electrons. The van der Waals surface area contributed by atoms with E-state index in [1.165, 1.54) is 49.7 Å². The number of hydrogen-bond acceptors (Lipinski definition) is 7. The van der Waals surface area contributed by atoms with Gasteiger partial charge in [-0.25, -0.2) is 24.9 Å². The number of rotatable bonds is 10. The van der Waals surface area contributed by atoms with E-state index in [0.717, 1.165) is 95.4 Å². The average Bonchev–Trinajstić information content (AvgIpc) is 0.829. The Bertz CT molecular complexity index is 5250. The maximum Gasteiger partial charge on any atom is 0.252 e. The van der Waals surface area contributed by atoms with Crippen LogP contribution in [0.2, 0.25) is 0 Å². The van der Waals surface area contributed by atoms with Crippen molar-refractivity contribution >= 4 is 79.0 Å². The molecule has 0 atom stereocenters. The van der Waals surface area contributed by atoms with E-state index < -0.39 is 0 Å². The first kappa shape index (κ1) is 58.0. The van der Waals surface area contributed by atoms with E-state index in [1.807, 2.05) is 60.7 Å². The van der Waals surface area contributed by atoms with Crippen LogP contribution in [0.25, 0.3) is 107 Å². The van der Waals surface area contributed by atoms with Crippen LogP contribution in [0.4, 0.5) is 34.1 Å². The third-order valence-corrected chi connectivity index (χ3v) is 19.2. The number of hydrogen-bond donors (Lipinski definition) is 0. The molecule has 96 heavy (non-hydrogen) atoms. The molecule has 2 aliphatic rings. The van der Waals surface area contributed by atoms with Crippen molar-refractivity contribution in [2.24, 2.45) is 0 Å². The highest BCUT2D eigenvalue weighted by Crippen LogP contribution is 2.47. The summed E-state index contributed by atoms with van der Waals surface area (Å²) < 4.78 is 2.41. The van der Waals surface area contributed by atoms with Gasteiger partial charge in [-0.05, 0) is 147 Å². The Hall–Kier alpha value is -11.8. The predicted octanol–water partition coefficient (Wildman–Crippen LogP) is 20.1. The topological polar surface area (TPSA) is 75.9 Å². The quantitative estimate of drug-likeness (QED) is 0.126. The monoisotopic (exact) mass is 1230 g/mol. The molecule has 0 saturated carbocycles. The molecular formula is C87H67BN8. The number of anilines is 6. The molecule has 3 aromatic heterocycles. The van der Waals surface area contributed by atoms with Crippen LogP contribution in [-0.4, -0.2) is 36.2 Å². The lowest BCUT2D eigenvalue weighted by molar-refractivity contribution is 0.590. The summed E-state index contributed by atoms with van der Waals surface area (Å²) in [7, 11) is 0. The van der Waals surface area contributed by atoms with E-state index in [2.05, 4.69) is 292 Å². The summed E-state index contributed by atoms with van der Waals surface area (Å²) in [4.78, 5) is 32.0. The summed E-state index contributed by atoms with van der Waals surface area (Å²) in [6.07, 6.45) is 0. The van der Waals surface area contributed by atoms with E-state index in [-0.39, 0.29) is 17.5 Å². The van der Waals surface area contributed by atoms with Crippen molar-refractivity contribution in [3.05, 3.63) is 308 Å². The smallest absolute Gasteiger partial charge is 0.252 e. The lowest BCUT2D eigenvalue weighted by atomic mass is 9.33. The molecular weight excluding hydrogens is 1170 g/mol. The van der Waals surface area contributed by atoms with E-state index in [9.17, 15) is 0 Å². The fourth-order valence-corrected chi connectivity index (χ4v) is 14.3. The predicted molar refractivity (Wildman–Crippen MR) is 399 cm³/mol. The molecule has 0 unspecified atom stereocenters. The van der Waals surface area contributed by atoms with Gasteiger partial charge in [-0.15, -0.1) is 0 Å². The van der Waals surface area contributed by atoms with Crippen molar-refractivity contribution in [2.45, 2.75) is 52.4 Å². The summed E-state index contributed by atoms with van der Waals surface area (Å²) in [5, 5.41) is 2.38. The van der Waals surface area contributed by atoms with Gasteiger partial charge in [-0.2, -0.15) is 0 Å².